The fourth-order valence-electron chi connectivity index (χ4n) is 3.07. The molecule has 0 bridgehead atoms. The molecule has 0 aliphatic heterocycles. The Kier molecular flexibility index (Phi) is 8.02. The third-order valence-electron chi connectivity index (χ3n) is 4.72. The summed E-state index contributed by atoms with van der Waals surface area (Å²) in [6, 6.07) is 23.0. The summed E-state index contributed by atoms with van der Waals surface area (Å²) in [6.45, 7) is 6.33. The van der Waals surface area contributed by atoms with Gasteiger partial charge in [0, 0.05) is 10.2 Å². The highest BCUT2D eigenvalue weighted by atomic mass is 79.9. The van der Waals surface area contributed by atoms with Gasteiger partial charge < -0.3 is 10.1 Å². The first-order chi connectivity index (χ1) is 15.5. The van der Waals surface area contributed by atoms with E-state index in [0.29, 0.717) is 18.7 Å². The van der Waals surface area contributed by atoms with Crippen molar-refractivity contribution in [3.63, 3.8) is 0 Å². The summed E-state index contributed by atoms with van der Waals surface area (Å²) in [5.74, 6) is 0.287. The average molecular weight is 487 g/mol. The number of hydrogen-bond acceptors (Lipinski definition) is 3. The highest BCUT2D eigenvalue weighted by Gasteiger charge is 2.11. The quantitative estimate of drug-likeness (QED) is 0.221. The predicted molar refractivity (Wildman–Crippen MR) is 132 cm³/mol. The maximum Gasteiger partial charge on any atom is 0.266 e. The first-order valence-corrected chi connectivity index (χ1v) is 10.9. The second kappa shape index (κ2) is 11.1. The molecule has 0 spiro atoms. The maximum atomic E-state index is 12.6. The van der Waals surface area contributed by atoms with Crippen LogP contribution in [0.3, 0.4) is 0 Å². The summed E-state index contributed by atoms with van der Waals surface area (Å²) in [6.07, 6.45) is 3.98. The van der Waals surface area contributed by atoms with E-state index in [2.05, 4.69) is 40.0 Å². The second-order valence-corrected chi connectivity index (χ2v) is 8.18. The Morgan fingerprint density at radius 2 is 1.94 bits per heavy atom. The van der Waals surface area contributed by atoms with Crippen molar-refractivity contribution in [2.24, 2.45) is 0 Å². The van der Waals surface area contributed by atoms with E-state index in [1.807, 2.05) is 55.5 Å². The number of amides is 1. The van der Waals surface area contributed by atoms with Crippen LogP contribution in [0.4, 0.5) is 5.69 Å². The van der Waals surface area contributed by atoms with E-state index in [4.69, 9.17) is 4.74 Å². The first-order valence-electron chi connectivity index (χ1n) is 10.1. The number of carbonyl (C=O) groups is 1. The van der Waals surface area contributed by atoms with E-state index in [1.54, 1.807) is 24.3 Å². The highest BCUT2D eigenvalue weighted by molar-refractivity contribution is 9.10. The zero-order valence-corrected chi connectivity index (χ0v) is 19.4. The lowest BCUT2D eigenvalue weighted by Crippen LogP contribution is -2.13. The molecule has 0 heterocycles. The molecule has 1 N–H and O–H groups in total. The van der Waals surface area contributed by atoms with Crippen LogP contribution in [-0.4, -0.2) is 5.91 Å². The SMILES string of the molecule is C=CCc1cc(/C=C(/C#N)C(=O)Nc2cccc(Br)c2)ccc1OCc1ccc(C)cc1. The van der Waals surface area contributed by atoms with Gasteiger partial charge in [-0.25, -0.2) is 0 Å². The first kappa shape index (κ1) is 23.1. The second-order valence-electron chi connectivity index (χ2n) is 7.27. The van der Waals surface area contributed by atoms with Crippen LogP contribution in [0.1, 0.15) is 22.3 Å². The Bertz CT molecular complexity index is 1190. The van der Waals surface area contributed by atoms with Crippen molar-refractivity contribution in [3.8, 4) is 11.8 Å². The van der Waals surface area contributed by atoms with E-state index in [1.165, 1.54) is 5.56 Å². The van der Waals surface area contributed by atoms with Gasteiger partial charge in [0.05, 0.1) is 0 Å². The molecule has 0 radical (unpaired) electrons. The Balaban J connectivity index is 1.78. The molecule has 5 heteroatoms. The van der Waals surface area contributed by atoms with E-state index in [9.17, 15) is 10.1 Å². The van der Waals surface area contributed by atoms with Gasteiger partial charge in [-0.3, -0.25) is 4.79 Å². The number of anilines is 1. The molecule has 160 valence electrons. The van der Waals surface area contributed by atoms with E-state index < -0.39 is 5.91 Å². The van der Waals surface area contributed by atoms with Crippen molar-refractivity contribution in [3.05, 3.63) is 112 Å². The lowest BCUT2D eigenvalue weighted by Gasteiger charge is -2.12. The number of allylic oxidation sites excluding steroid dienone is 1. The molecule has 0 unspecified atom stereocenters. The van der Waals surface area contributed by atoms with Gasteiger partial charge >= 0.3 is 0 Å². The average Bonchev–Trinajstić information content (AvgIpc) is 2.78. The molecule has 0 saturated carbocycles. The van der Waals surface area contributed by atoms with Crippen LogP contribution in [0, 0.1) is 18.3 Å². The van der Waals surface area contributed by atoms with Crippen molar-refractivity contribution in [1.29, 1.82) is 5.26 Å². The Labute approximate surface area is 197 Å². The van der Waals surface area contributed by atoms with Crippen LogP contribution in [0.5, 0.6) is 5.75 Å². The number of ether oxygens (including phenoxy) is 1. The minimum absolute atomic E-state index is 0.0165. The van der Waals surface area contributed by atoms with Crippen molar-refractivity contribution >= 4 is 33.6 Å². The summed E-state index contributed by atoms with van der Waals surface area (Å²) in [7, 11) is 0. The molecule has 0 aliphatic rings. The predicted octanol–water partition coefficient (Wildman–Crippen LogP) is 6.61. The monoisotopic (exact) mass is 486 g/mol. The van der Waals surface area contributed by atoms with E-state index >= 15 is 0 Å². The van der Waals surface area contributed by atoms with Gasteiger partial charge in [0.2, 0.25) is 0 Å². The minimum atomic E-state index is -0.462. The molecule has 32 heavy (non-hydrogen) atoms. The highest BCUT2D eigenvalue weighted by Crippen LogP contribution is 2.24. The minimum Gasteiger partial charge on any atom is -0.489 e. The summed E-state index contributed by atoms with van der Waals surface area (Å²) in [5.41, 5.74) is 4.59. The number of carbonyl (C=O) groups excluding carboxylic acids is 1. The molecule has 1 amide bonds. The topological polar surface area (TPSA) is 62.1 Å². The lowest BCUT2D eigenvalue weighted by molar-refractivity contribution is -0.112. The van der Waals surface area contributed by atoms with Gasteiger partial charge in [-0.15, -0.1) is 6.58 Å². The van der Waals surface area contributed by atoms with Crippen LogP contribution >= 0.6 is 15.9 Å². The Morgan fingerprint density at radius 3 is 2.62 bits per heavy atom. The Morgan fingerprint density at radius 1 is 1.16 bits per heavy atom. The molecule has 0 fully saturated rings. The molecular formula is C27H23BrN2O2. The van der Waals surface area contributed by atoms with Gasteiger partial charge in [-0.1, -0.05) is 64.0 Å². The van der Waals surface area contributed by atoms with Crippen molar-refractivity contribution in [2.45, 2.75) is 20.0 Å². The summed E-state index contributed by atoms with van der Waals surface area (Å²) in [5, 5.41) is 12.3. The van der Waals surface area contributed by atoms with Crippen molar-refractivity contribution < 1.29 is 9.53 Å². The fraction of sp³-hybridized carbons (Fsp3) is 0.111. The molecule has 0 atom stereocenters. The summed E-state index contributed by atoms with van der Waals surface area (Å²) in [4.78, 5) is 12.6. The number of halogens is 1. The largest absolute Gasteiger partial charge is 0.489 e. The molecule has 4 nitrogen and oxygen atoms in total. The van der Waals surface area contributed by atoms with Crippen molar-refractivity contribution in [2.75, 3.05) is 5.32 Å². The van der Waals surface area contributed by atoms with E-state index in [-0.39, 0.29) is 5.57 Å². The van der Waals surface area contributed by atoms with Gasteiger partial charge in [-0.05, 0) is 66.4 Å². The van der Waals surface area contributed by atoms with Crippen LogP contribution in [-0.2, 0) is 17.8 Å². The van der Waals surface area contributed by atoms with Gasteiger partial charge in [0.25, 0.3) is 5.91 Å². The van der Waals surface area contributed by atoms with Gasteiger partial charge in [0.1, 0.15) is 24.0 Å². The number of aryl methyl sites for hydroxylation is 1. The number of nitrogens with one attached hydrogen (secondary N) is 1. The van der Waals surface area contributed by atoms with Crippen LogP contribution in [0.2, 0.25) is 0 Å². The summed E-state index contributed by atoms with van der Waals surface area (Å²) >= 11 is 3.37. The number of hydrogen-bond donors (Lipinski definition) is 1. The smallest absolute Gasteiger partial charge is 0.266 e. The number of benzene rings is 3. The molecular weight excluding hydrogens is 464 g/mol. The third kappa shape index (κ3) is 6.44. The standard InChI is InChI=1S/C27H23BrN2O2/c1-3-5-22-14-21(12-13-26(22)32-18-20-10-8-19(2)9-11-20)15-23(17-29)27(31)30-25-7-4-6-24(28)16-25/h3-4,6-16H,1,5,18H2,2H3,(H,30,31)/b23-15-. The molecule has 3 aromatic carbocycles. The molecule has 3 rings (SSSR count). The number of rotatable bonds is 8. The Hall–Kier alpha value is -3.62. The fourth-order valence-corrected chi connectivity index (χ4v) is 3.47. The molecule has 3 aromatic rings. The summed E-state index contributed by atoms with van der Waals surface area (Å²) < 4.78 is 6.86. The van der Waals surface area contributed by atoms with Crippen LogP contribution in [0.25, 0.3) is 6.08 Å². The van der Waals surface area contributed by atoms with Gasteiger partial charge in [-0.2, -0.15) is 5.26 Å². The molecule has 0 aliphatic carbocycles. The van der Waals surface area contributed by atoms with Crippen LogP contribution in [0.15, 0.2) is 89.4 Å². The van der Waals surface area contributed by atoms with E-state index in [0.717, 1.165) is 26.9 Å². The number of nitriles is 1. The zero-order chi connectivity index (χ0) is 22.9. The maximum absolute atomic E-state index is 12.6. The third-order valence-corrected chi connectivity index (χ3v) is 5.22. The zero-order valence-electron chi connectivity index (χ0n) is 17.8. The number of nitrogens with zero attached hydrogens (tertiary/aromatic N) is 1. The molecule has 0 saturated heterocycles. The lowest BCUT2D eigenvalue weighted by atomic mass is 10.0. The normalized spacial score (nSPS) is 10.8. The van der Waals surface area contributed by atoms with Gasteiger partial charge in [0.15, 0.2) is 0 Å². The van der Waals surface area contributed by atoms with Crippen LogP contribution < -0.4 is 10.1 Å². The van der Waals surface area contributed by atoms with Crippen molar-refractivity contribution in [1.82, 2.24) is 0 Å². The molecule has 0 aromatic heterocycles.